The number of carbonyl (C=O) groups excluding carboxylic acids is 2. The highest BCUT2D eigenvalue weighted by Gasteiger charge is 2.21. The standard InChI is InChI=1S/C9H16N2O3/c1-2-3-4-9(13)14-11-6-5-10-7-8(11)12/h10H,2-7H2,1H3. The average molecular weight is 200 g/mol. The fourth-order valence-electron chi connectivity index (χ4n) is 1.18. The number of unbranched alkanes of at least 4 members (excludes halogenated alkanes) is 1. The monoisotopic (exact) mass is 200 g/mol. The summed E-state index contributed by atoms with van der Waals surface area (Å²) in [7, 11) is 0. The first-order valence-electron chi connectivity index (χ1n) is 4.96. The van der Waals surface area contributed by atoms with Gasteiger partial charge in [0.05, 0.1) is 13.1 Å². The van der Waals surface area contributed by atoms with E-state index in [1.54, 1.807) is 0 Å². The van der Waals surface area contributed by atoms with Crippen molar-refractivity contribution in [3.8, 4) is 0 Å². The Bertz CT molecular complexity index is 218. The Labute approximate surface area is 83.4 Å². The largest absolute Gasteiger partial charge is 0.338 e. The zero-order chi connectivity index (χ0) is 10.4. The molecule has 1 aliphatic heterocycles. The van der Waals surface area contributed by atoms with Crippen LogP contribution in [-0.2, 0) is 14.4 Å². The minimum atomic E-state index is -0.317. The average Bonchev–Trinajstić information content (AvgIpc) is 2.18. The second kappa shape index (κ2) is 5.59. The second-order valence-electron chi connectivity index (χ2n) is 3.24. The molecule has 0 unspecified atom stereocenters. The number of nitrogens with one attached hydrogen (secondary N) is 1. The van der Waals surface area contributed by atoms with Gasteiger partial charge in [0.2, 0.25) is 0 Å². The van der Waals surface area contributed by atoms with Crippen molar-refractivity contribution in [3.63, 3.8) is 0 Å². The SMILES string of the molecule is CCCCC(=O)ON1CCNCC1=O. The zero-order valence-corrected chi connectivity index (χ0v) is 8.41. The summed E-state index contributed by atoms with van der Waals surface area (Å²) < 4.78 is 0. The van der Waals surface area contributed by atoms with Crippen LogP contribution in [0.25, 0.3) is 0 Å². The van der Waals surface area contributed by atoms with Gasteiger partial charge in [0, 0.05) is 13.0 Å². The quantitative estimate of drug-likeness (QED) is 0.697. The van der Waals surface area contributed by atoms with Crippen molar-refractivity contribution >= 4 is 11.9 Å². The van der Waals surface area contributed by atoms with E-state index < -0.39 is 0 Å². The van der Waals surface area contributed by atoms with Crippen LogP contribution in [-0.4, -0.2) is 36.6 Å². The highest BCUT2D eigenvalue weighted by molar-refractivity contribution is 5.80. The van der Waals surface area contributed by atoms with Gasteiger partial charge in [0.1, 0.15) is 0 Å². The van der Waals surface area contributed by atoms with E-state index >= 15 is 0 Å². The van der Waals surface area contributed by atoms with Gasteiger partial charge >= 0.3 is 5.97 Å². The van der Waals surface area contributed by atoms with E-state index in [1.165, 1.54) is 0 Å². The molecule has 0 saturated carbocycles. The van der Waals surface area contributed by atoms with Crippen LogP contribution < -0.4 is 5.32 Å². The lowest BCUT2D eigenvalue weighted by molar-refractivity contribution is -0.200. The molecule has 14 heavy (non-hydrogen) atoms. The van der Waals surface area contributed by atoms with Crippen molar-refractivity contribution in [1.82, 2.24) is 10.4 Å². The maximum absolute atomic E-state index is 11.2. The third-order valence-electron chi connectivity index (χ3n) is 1.99. The molecule has 1 aliphatic rings. The van der Waals surface area contributed by atoms with E-state index in [4.69, 9.17) is 4.84 Å². The summed E-state index contributed by atoms with van der Waals surface area (Å²) in [6.07, 6.45) is 2.14. The number of hydroxylamine groups is 2. The van der Waals surface area contributed by atoms with Crippen LogP contribution in [0.3, 0.4) is 0 Å². The molecule has 1 saturated heterocycles. The van der Waals surface area contributed by atoms with Gasteiger partial charge in [-0.25, -0.2) is 4.79 Å². The van der Waals surface area contributed by atoms with E-state index in [0.717, 1.165) is 17.9 Å². The number of rotatable bonds is 4. The first-order valence-corrected chi connectivity index (χ1v) is 4.96. The first kappa shape index (κ1) is 11.0. The summed E-state index contributed by atoms with van der Waals surface area (Å²) in [5.41, 5.74) is 0. The van der Waals surface area contributed by atoms with Crippen LogP contribution in [0, 0.1) is 0 Å². The third kappa shape index (κ3) is 3.33. The van der Waals surface area contributed by atoms with E-state index in [1.807, 2.05) is 6.92 Å². The summed E-state index contributed by atoms with van der Waals surface area (Å²) in [6.45, 7) is 3.37. The Hall–Kier alpha value is -1.10. The molecule has 1 amide bonds. The Morgan fingerprint density at radius 2 is 2.43 bits per heavy atom. The molecule has 0 spiro atoms. The molecular weight excluding hydrogens is 184 g/mol. The Balaban J connectivity index is 2.27. The molecule has 0 aromatic carbocycles. The highest BCUT2D eigenvalue weighted by atomic mass is 16.7. The number of carbonyl (C=O) groups is 2. The number of piperazine rings is 1. The van der Waals surface area contributed by atoms with Crippen molar-refractivity contribution in [2.75, 3.05) is 19.6 Å². The van der Waals surface area contributed by atoms with Crippen molar-refractivity contribution in [2.24, 2.45) is 0 Å². The van der Waals surface area contributed by atoms with E-state index in [2.05, 4.69) is 5.32 Å². The molecule has 1 fully saturated rings. The number of nitrogens with zero attached hydrogens (tertiary/aromatic N) is 1. The minimum absolute atomic E-state index is 0.180. The van der Waals surface area contributed by atoms with Crippen LogP contribution >= 0.6 is 0 Å². The van der Waals surface area contributed by atoms with Gasteiger partial charge in [0.15, 0.2) is 0 Å². The van der Waals surface area contributed by atoms with Gasteiger partial charge in [-0.3, -0.25) is 4.79 Å². The molecule has 5 nitrogen and oxygen atoms in total. The summed E-state index contributed by atoms with van der Waals surface area (Å²) >= 11 is 0. The summed E-state index contributed by atoms with van der Waals surface area (Å²) in [6, 6.07) is 0. The molecule has 80 valence electrons. The molecule has 1 heterocycles. The van der Waals surface area contributed by atoms with Gasteiger partial charge in [-0.1, -0.05) is 13.3 Å². The smallest absolute Gasteiger partial charge is 0.332 e. The molecular formula is C9H16N2O3. The topological polar surface area (TPSA) is 58.6 Å². The molecule has 1 N–H and O–H groups in total. The van der Waals surface area contributed by atoms with Crippen LogP contribution in [0.4, 0.5) is 0 Å². The summed E-state index contributed by atoms with van der Waals surface area (Å²) in [4.78, 5) is 27.3. The van der Waals surface area contributed by atoms with Crippen LogP contribution in [0.2, 0.25) is 0 Å². The summed E-state index contributed by atoms with van der Waals surface area (Å²) in [5.74, 6) is -0.497. The van der Waals surface area contributed by atoms with Gasteiger partial charge < -0.3 is 10.2 Å². The van der Waals surface area contributed by atoms with Gasteiger partial charge in [-0.2, -0.15) is 5.06 Å². The molecule has 0 aromatic heterocycles. The fraction of sp³-hybridized carbons (Fsp3) is 0.778. The first-order chi connectivity index (χ1) is 6.74. The van der Waals surface area contributed by atoms with Gasteiger partial charge in [0.25, 0.3) is 5.91 Å². The number of hydrogen-bond donors (Lipinski definition) is 1. The number of hydrogen-bond acceptors (Lipinski definition) is 4. The lowest BCUT2D eigenvalue weighted by atomic mass is 10.3. The molecule has 0 atom stereocenters. The zero-order valence-electron chi connectivity index (χ0n) is 8.41. The Kier molecular flexibility index (Phi) is 4.39. The van der Waals surface area contributed by atoms with Crippen LogP contribution in [0.5, 0.6) is 0 Å². The van der Waals surface area contributed by atoms with Crippen molar-refractivity contribution < 1.29 is 14.4 Å². The third-order valence-corrected chi connectivity index (χ3v) is 1.99. The van der Waals surface area contributed by atoms with Crippen LogP contribution in [0.1, 0.15) is 26.2 Å². The van der Waals surface area contributed by atoms with E-state index in [0.29, 0.717) is 19.5 Å². The Morgan fingerprint density at radius 1 is 1.64 bits per heavy atom. The number of amides is 1. The van der Waals surface area contributed by atoms with Crippen molar-refractivity contribution in [3.05, 3.63) is 0 Å². The molecule has 5 heteroatoms. The van der Waals surface area contributed by atoms with Crippen LogP contribution in [0.15, 0.2) is 0 Å². The molecule has 0 radical (unpaired) electrons. The highest BCUT2D eigenvalue weighted by Crippen LogP contribution is 2.01. The minimum Gasteiger partial charge on any atom is -0.338 e. The normalized spacial score (nSPS) is 16.9. The summed E-state index contributed by atoms with van der Waals surface area (Å²) in [5, 5.41) is 4.05. The van der Waals surface area contributed by atoms with E-state index in [9.17, 15) is 9.59 Å². The van der Waals surface area contributed by atoms with Gasteiger partial charge in [-0.05, 0) is 6.42 Å². The molecule has 0 bridgehead atoms. The lowest BCUT2D eigenvalue weighted by Crippen LogP contribution is -2.48. The fourth-order valence-corrected chi connectivity index (χ4v) is 1.18. The Morgan fingerprint density at radius 3 is 3.07 bits per heavy atom. The molecule has 1 rings (SSSR count). The maximum atomic E-state index is 11.2. The predicted molar refractivity (Wildman–Crippen MR) is 50.2 cm³/mol. The van der Waals surface area contributed by atoms with Crippen molar-refractivity contribution in [2.45, 2.75) is 26.2 Å². The maximum Gasteiger partial charge on any atom is 0.332 e. The molecule has 0 aliphatic carbocycles. The van der Waals surface area contributed by atoms with Gasteiger partial charge in [-0.15, -0.1) is 0 Å². The lowest BCUT2D eigenvalue weighted by Gasteiger charge is -2.25. The molecule has 0 aromatic rings. The van der Waals surface area contributed by atoms with Crippen molar-refractivity contribution in [1.29, 1.82) is 0 Å². The van der Waals surface area contributed by atoms with E-state index in [-0.39, 0.29) is 18.4 Å². The second-order valence-corrected chi connectivity index (χ2v) is 3.24. The predicted octanol–water partition coefficient (Wildman–Crippen LogP) is 0.0666.